The second-order valence-corrected chi connectivity index (χ2v) is 8.65. The van der Waals surface area contributed by atoms with Crippen LogP contribution >= 0.6 is 11.8 Å². The first-order valence-corrected chi connectivity index (χ1v) is 11.2. The second-order valence-electron chi connectivity index (χ2n) is 7.56. The highest BCUT2D eigenvalue weighted by atomic mass is 32.2. The number of fused-ring (bicyclic) bond motifs is 2. The summed E-state index contributed by atoms with van der Waals surface area (Å²) in [7, 11) is 0. The number of hydrogen-bond acceptors (Lipinski definition) is 5. The van der Waals surface area contributed by atoms with Crippen LogP contribution in [0.1, 0.15) is 6.42 Å². The number of hydrogen-bond donors (Lipinski definition) is 0. The molecular formula is C24H26N4S. The van der Waals surface area contributed by atoms with E-state index in [2.05, 4.69) is 75.4 Å². The quantitative estimate of drug-likeness (QED) is 0.604. The Kier molecular flexibility index (Phi) is 5.41. The van der Waals surface area contributed by atoms with Gasteiger partial charge >= 0.3 is 0 Å². The summed E-state index contributed by atoms with van der Waals surface area (Å²) < 4.78 is 0. The molecule has 0 aliphatic carbocycles. The normalized spacial score (nSPS) is 16.4. The molecule has 0 bridgehead atoms. The van der Waals surface area contributed by atoms with Crippen molar-refractivity contribution in [3.05, 3.63) is 72.9 Å². The van der Waals surface area contributed by atoms with Gasteiger partial charge in [-0.15, -0.1) is 0 Å². The van der Waals surface area contributed by atoms with E-state index in [-0.39, 0.29) is 0 Å². The number of pyridine rings is 1. The number of aromatic nitrogens is 1. The Morgan fingerprint density at radius 2 is 1.52 bits per heavy atom. The minimum Gasteiger partial charge on any atom is -0.369 e. The summed E-state index contributed by atoms with van der Waals surface area (Å²) in [5.41, 5.74) is 2.63. The highest BCUT2D eigenvalue weighted by Gasteiger charge is 2.24. The lowest BCUT2D eigenvalue weighted by Crippen LogP contribution is -2.47. The van der Waals surface area contributed by atoms with E-state index < -0.39 is 0 Å². The SMILES string of the molecule is c1ccc(N2CCN(CCCN3c4ccccc4Sc4cccnc43)CC2)cc1. The summed E-state index contributed by atoms with van der Waals surface area (Å²) in [5.74, 6) is 1.10. The average molecular weight is 403 g/mol. The molecule has 0 unspecified atom stereocenters. The number of rotatable bonds is 5. The molecular weight excluding hydrogens is 376 g/mol. The molecule has 1 saturated heterocycles. The van der Waals surface area contributed by atoms with Crippen molar-refractivity contribution in [2.75, 3.05) is 49.1 Å². The Balaban J connectivity index is 1.20. The number of anilines is 3. The van der Waals surface area contributed by atoms with Gasteiger partial charge in [0.15, 0.2) is 0 Å². The van der Waals surface area contributed by atoms with Crippen molar-refractivity contribution in [2.45, 2.75) is 16.2 Å². The van der Waals surface area contributed by atoms with Gasteiger partial charge in [-0.2, -0.15) is 0 Å². The Morgan fingerprint density at radius 3 is 2.38 bits per heavy atom. The standard InChI is InChI=1S/C24H26N4S/c1-2-8-20(9-3-1)27-18-16-26(17-19-27)14-7-15-28-21-10-4-5-11-22(21)29-23-12-6-13-25-24(23)28/h1-6,8-13H,7,14-19H2. The number of para-hydroxylation sites is 2. The third-order valence-corrected chi connectivity index (χ3v) is 6.84. The van der Waals surface area contributed by atoms with Crippen molar-refractivity contribution in [3.63, 3.8) is 0 Å². The molecule has 0 radical (unpaired) electrons. The molecule has 5 rings (SSSR count). The average Bonchev–Trinajstić information content (AvgIpc) is 2.79. The summed E-state index contributed by atoms with van der Waals surface area (Å²) in [5, 5.41) is 0. The van der Waals surface area contributed by atoms with Crippen LogP contribution in [0.5, 0.6) is 0 Å². The fraction of sp³-hybridized carbons (Fsp3) is 0.292. The lowest BCUT2D eigenvalue weighted by atomic mass is 10.2. The van der Waals surface area contributed by atoms with Crippen LogP contribution in [0.3, 0.4) is 0 Å². The van der Waals surface area contributed by atoms with E-state index in [1.807, 2.05) is 24.0 Å². The van der Waals surface area contributed by atoms with Gasteiger partial charge in [-0.3, -0.25) is 4.90 Å². The van der Waals surface area contributed by atoms with Crippen molar-refractivity contribution in [2.24, 2.45) is 0 Å². The maximum atomic E-state index is 4.69. The molecule has 0 N–H and O–H groups in total. The molecule has 2 aliphatic heterocycles. The zero-order chi connectivity index (χ0) is 19.5. The molecule has 2 aliphatic rings. The molecule has 0 spiro atoms. The smallest absolute Gasteiger partial charge is 0.147 e. The van der Waals surface area contributed by atoms with Crippen LogP contribution in [0, 0.1) is 0 Å². The maximum absolute atomic E-state index is 4.69. The monoisotopic (exact) mass is 402 g/mol. The van der Waals surface area contributed by atoms with Gasteiger partial charge in [0.25, 0.3) is 0 Å². The summed E-state index contributed by atoms with van der Waals surface area (Å²) >= 11 is 1.83. The highest BCUT2D eigenvalue weighted by molar-refractivity contribution is 7.99. The maximum Gasteiger partial charge on any atom is 0.147 e. The third kappa shape index (κ3) is 3.98. The van der Waals surface area contributed by atoms with Crippen LogP contribution in [-0.2, 0) is 0 Å². The molecule has 148 valence electrons. The third-order valence-electron chi connectivity index (χ3n) is 5.73. The first kappa shape index (κ1) is 18.5. The molecule has 1 fully saturated rings. The first-order valence-electron chi connectivity index (χ1n) is 10.4. The lowest BCUT2D eigenvalue weighted by Gasteiger charge is -2.37. The van der Waals surface area contributed by atoms with Crippen molar-refractivity contribution < 1.29 is 0 Å². The van der Waals surface area contributed by atoms with Crippen molar-refractivity contribution in [1.29, 1.82) is 0 Å². The summed E-state index contributed by atoms with van der Waals surface area (Å²) in [6, 6.07) is 23.7. The van der Waals surface area contributed by atoms with Gasteiger partial charge in [-0.1, -0.05) is 42.1 Å². The molecule has 0 saturated carbocycles. The topological polar surface area (TPSA) is 22.6 Å². The predicted molar refractivity (Wildman–Crippen MR) is 122 cm³/mol. The molecule has 0 amide bonds. The van der Waals surface area contributed by atoms with Crippen LogP contribution < -0.4 is 9.80 Å². The molecule has 0 atom stereocenters. The zero-order valence-electron chi connectivity index (χ0n) is 16.6. The van der Waals surface area contributed by atoms with E-state index >= 15 is 0 Å². The number of piperazine rings is 1. The Hall–Kier alpha value is -2.50. The van der Waals surface area contributed by atoms with Gasteiger partial charge in [-0.25, -0.2) is 4.98 Å². The minimum absolute atomic E-state index is 1.00. The molecule has 1 aromatic heterocycles. The summed E-state index contributed by atoms with van der Waals surface area (Å²) in [6.45, 7) is 6.62. The Morgan fingerprint density at radius 1 is 0.759 bits per heavy atom. The van der Waals surface area contributed by atoms with Crippen molar-refractivity contribution >= 4 is 29.0 Å². The van der Waals surface area contributed by atoms with Crippen LogP contribution in [-0.4, -0.2) is 49.2 Å². The van der Waals surface area contributed by atoms with E-state index in [1.54, 1.807) is 0 Å². The number of nitrogens with zero attached hydrogens (tertiary/aromatic N) is 4. The van der Waals surface area contributed by atoms with Gasteiger partial charge in [0.1, 0.15) is 5.82 Å². The highest BCUT2D eigenvalue weighted by Crippen LogP contribution is 2.46. The van der Waals surface area contributed by atoms with Crippen LogP contribution in [0.2, 0.25) is 0 Å². The molecule has 4 nitrogen and oxygen atoms in total. The van der Waals surface area contributed by atoms with Crippen molar-refractivity contribution in [1.82, 2.24) is 9.88 Å². The van der Waals surface area contributed by atoms with Gasteiger partial charge in [0.2, 0.25) is 0 Å². The first-order chi connectivity index (χ1) is 14.4. The van der Waals surface area contributed by atoms with E-state index in [0.717, 1.165) is 51.5 Å². The summed E-state index contributed by atoms with van der Waals surface area (Å²) in [4.78, 5) is 14.8. The van der Waals surface area contributed by atoms with E-state index in [9.17, 15) is 0 Å². The van der Waals surface area contributed by atoms with Gasteiger partial charge in [-0.05, 0) is 49.4 Å². The van der Waals surface area contributed by atoms with E-state index in [4.69, 9.17) is 4.98 Å². The van der Waals surface area contributed by atoms with Crippen LogP contribution in [0.25, 0.3) is 0 Å². The Labute approximate surface area is 177 Å². The van der Waals surface area contributed by atoms with E-state index in [1.165, 1.54) is 21.2 Å². The fourth-order valence-corrected chi connectivity index (χ4v) is 5.28. The van der Waals surface area contributed by atoms with Gasteiger partial charge in [0, 0.05) is 49.5 Å². The number of benzene rings is 2. The van der Waals surface area contributed by atoms with E-state index in [0.29, 0.717) is 0 Å². The zero-order valence-corrected chi connectivity index (χ0v) is 17.4. The molecule has 2 aromatic carbocycles. The van der Waals surface area contributed by atoms with Crippen LogP contribution in [0.15, 0.2) is 82.7 Å². The lowest BCUT2D eigenvalue weighted by molar-refractivity contribution is 0.256. The summed E-state index contributed by atoms with van der Waals surface area (Å²) in [6.07, 6.45) is 3.05. The van der Waals surface area contributed by atoms with Crippen molar-refractivity contribution in [3.8, 4) is 0 Å². The minimum atomic E-state index is 1.00. The van der Waals surface area contributed by atoms with Crippen LogP contribution in [0.4, 0.5) is 17.2 Å². The predicted octanol–water partition coefficient (Wildman–Crippen LogP) is 4.90. The van der Waals surface area contributed by atoms with Gasteiger partial charge in [0.05, 0.1) is 10.6 Å². The largest absolute Gasteiger partial charge is 0.369 e. The molecule has 3 aromatic rings. The van der Waals surface area contributed by atoms with Gasteiger partial charge < -0.3 is 9.80 Å². The molecule has 5 heteroatoms. The fourth-order valence-electron chi connectivity index (χ4n) is 4.21. The molecule has 3 heterocycles. The second kappa shape index (κ2) is 8.47. The molecule has 29 heavy (non-hydrogen) atoms. The Bertz CT molecular complexity index is 908.